The van der Waals surface area contributed by atoms with E-state index in [1.165, 1.54) is 43.4 Å². The molecule has 32 heavy (non-hydrogen) atoms. The Labute approximate surface area is 191 Å². The summed E-state index contributed by atoms with van der Waals surface area (Å²) >= 11 is 1.38. The largest absolute Gasteiger partial charge is 0.462 e. The third kappa shape index (κ3) is 4.46. The zero-order chi connectivity index (χ0) is 22.7. The van der Waals surface area contributed by atoms with Crippen LogP contribution >= 0.6 is 11.3 Å². The van der Waals surface area contributed by atoms with Crippen molar-refractivity contribution in [2.45, 2.75) is 52.0 Å². The fourth-order valence-corrected chi connectivity index (χ4v) is 5.31. The summed E-state index contributed by atoms with van der Waals surface area (Å²) in [6.07, 6.45) is 7.71. The second-order valence-electron chi connectivity index (χ2n) is 8.09. The molecule has 0 saturated heterocycles. The van der Waals surface area contributed by atoms with Gasteiger partial charge in [-0.3, -0.25) is 4.79 Å². The molecule has 1 aromatic carbocycles. The Morgan fingerprint density at radius 1 is 1.16 bits per heavy atom. The molecule has 0 bridgehead atoms. The van der Waals surface area contributed by atoms with E-state index in [0.717, 1.165) is 21.6 Å². The third-order valence-corrected chi connectivity index (χ3v) is 7.22. The average Bonchev–Trinajstić information content (AvgIpc) is 3.16. The predicted octanol–water partition coefficient (Wildman–Crippen LogP) is 5.20. The maximum absolute atomic E-state index is 13.1. The van der Waals surface area contributed by atoms with Crippen LogP contribution in [0.15, 0.2) is 30.6 Å². The van der Waals surface area contributed by atoms with Gasteiger partial charge in [0.1, 0.15) is 17.0 Å². The number of aryl methyl sites for hydroxylation is 1. The Morgan fingerprint density at radius 3 is 2.56 bits per heavy atom. The molecule has 1 amide bonds. The minimum absolute atomic E-state index is 0.194. The molecule has 2 aromatic heterocycles. The maximum atomic E-state index is 13.1. The molecular weight excluding hydrogens is 424 g/mol. The quantitative estimate of drug-likeness (QED) is 0.518. The number of anilines is 2. The number of amides is 1. The lowest BCUT2D eigenvalue weighted by molar-refractivity contribution is 0.0526. The molecule has 4 rings (SSSR count). The van der Waals surface area contributed by atoms with Crippen LogP contribution in [-0.2, 0) is 4.74 Å². The number of hydrogen-bond acceptors (Lipinski definition) is 7. The van der Waals surface area contributed by atoms with Gasteiger partial charge >= 0.3 is 5.97 Å². The van der Waals surface area contributed by atoms with Crippen molar-refractivity contribution >= 4 is 44.9 Å². The van der Waals surface area contributed by atoms with Crippen LogP contribution in [0.2, 0.25) is 0 Å². The predicted molar refractivity (Wildman–Crippen MR) is 128 cm³/mol. The number of hydrogen-bond donors (Lipinski definition) is 1. The molecule has 1 N–H and O–H groups in total. The molecule has 0 spiro atoms. The number of rotatable bonds is 6. The van der Waals surface area contributed by atoms with Crippen LogP contribution in [0.1, 0.15) is 64.6 Å². The molecule has 168 valence electrons. The van der Waals surface area contributed by atoms with Crippen molar-refractivity contribution in [3.8, 4) is 0 Å². The van der Waals surface area contributed by atoms with Gasteiger partial charge < -0.3 is 15.0 Å². The van der Waals surface area contributed by atoms with E-state index < -0.39 is 0 Å². The van der Waals surface area contributed by atoms with E-state index in [9.17, 15) is 9.59 Å². The number of thiophene rings is 1. The highest BCUT2D eigenvalue weighted by Crippen LogP contribution is 2.37. The Morgan fingerprint density at radius 2 is 1.88 bits per heavy atom. The number of nitrogens with zero attached hydrogens (tertiary/aromatic N) is 3. The number of benzene rings is 1. The van der Waals surface area contributed by atoms with Crippen molar-refractivity contribution in [1.82, 2.24) is 9.97 Å². The number of ether oxygens (including phenoxy) is 1. The zero-order valence-electron chi connectivity index (χ0n) is 18.7. The van der Waals surface area contributed by atoms with Crippen LogP contribution in [0.3, 0.4) is 0 Å². The van der Waals surface area contributed by atoms with Gasteiger partial charge in [-0.25, -0.2) is 14.8 Å². The topological polar surface area (TPSA) is 84.4 Å². The normalized spacial score (nSPS) is 14.3. The maximum Gasteiger partial charge on any atom is 0.338 e. The lowest BCUT2D eigenvalue weighted by Gasteiger charge is -2.32. The summed E-state index contributed by atoms with van der Waals surface area (Å²) in [5, 5.41) is 3.88. The fraction of sp³-hybridized carbons (Fsp3) is 0.417. The molecule has 1 fully saturated rings. The molecule has 2 heterocycles. The number of carbonyl (C=O) groups is 2. The lowest BCUT2D eigenvalue weighted by atomic mass is 9.94. The highest BCUT2D eigenvalue weighted by atomic mass is 32.1. The van der Waals surface area contributed by atoms with E-state index >= 15 is 0 Å². The molecule has 1 saturated carbocycles. The van der Waals surface area contributed by atoms with Crippen LogP contribution in [0.4, 0.5) is 11.5 Å². The Bertz CT molecular complexity index is 1120. The average molecular weight is 453 g/mol. The molecule has 0 aliphatic heterocycles. The molecule has 8 heteroatoms. The third-order valence-electron chi connectivity index (χ3n) is 6.02. The minimum Gasteiger partial charge on any atom is -0.462 e. The number of fused-ring (bicyclic) bond motifs is 1. The first-order valence-electron chi connectivity index (χ1n) is 11.0. The minimum atomic E-state index is -0.376. The zero-order valence-corrected chi connectivity index (χ0v) is 19.5. The highest BCUT2D eigenvalue weighted by Gasteiger charge is 2.25. The van der Waals surface area contributed by atoms with Crippen LogP contribution < -0.4 is 10.2 Å². The van der Waals surface area contributed by atoms with Gasteiger partial charge in [0, 0.05) is 18.8 Å². The van der Waals surface area contributed by atoms with E-state index in [0.29, 0.717) is 28.8 Å². The second-order valence-corrected chi connectivity index (χ2v) is 9.09. The van der Waals surface area contributed by atoms with Crippen molar-refractivity contribution in [3.05, 3.63) is 46.6 Å². The van der Waals surface area contributed by atoms with E-state index in [1.807, 2.05) is 6.92 Å². The first-order valence-corrected chi connectivity index (χ1v) is 11.9. The summed E-state index contributed by atoms with van der Waals surface area (Å²) < 4.78 is 5.00. The monoisotopic (exact) mass is 452 g/mol. The van der Waals surface area contributed by atoms with E-state index in [2.05, 4.69) is 27.2 Å². The summed E-state index contributed by atoms with van der Waals surface area (Å²) in [5.41, 5.74) is 1.96. The van der Waals surface area contributed by atoms with Gasteiger partial charge in [0.05, 0.1) is 22.4 Å². The molecule has 7 nitrogen and oxygen atoms in total. The molecular formula is C24H28N4O3S. The number of aromatic nitrogens is 2. The Balaban J connectivity index is 1.57. The van der Waals surface area contributed by atoms with Crippen LogP contribution in [0.5, 0.6) is 0 Å². The van der Waals surface area contributed by atoms with Crippen LogP contribution in [0, 0.1) is 6.92 Å². The fourth-order valence-electron chi connectivity index (χ4n) is 4.27. The van der Waals surface area contributed by atoms with Gasteiger partial charge in [-0.2, -0.15) is 0 Å². The van der Waals surface area contributed by atoms with Crippen molar-refractivity contribution in [1.29, 1.82) is 0 Å². The van der Waals surface area contributed by atoms with Crippen molar-refractivity contribution in [2.24, 2.45) is 0 Å². The lowest BCUT2D eigenvalue weighted by Crippen LogP contribution is -2.34. The smallest absolute Gasteiger partial charge is 0.338 e. The van der Waals surface area contributed by atoms with Crippen molar-refractivity contribution < 1.29 is 14.3 Å². The van der Waals surface area contributed by atoms with Gasteiger partial charge in [0.25, 0.3) is 5.91 Å². The second kappa shape index (κ2) is 9.65. The van der Waals surface area contributed by atoms with E-state index in [4.69, 9.17) is 4.74 Å². The Kier molecular flexibility index (Phi) is 6.69. The van der Waals surface area contributed by atoms with Gasteiger partial charge in [-0.1, -0.05) is 19.3 Å². The number of carbonyl (C=O) groups excluding carboxylic acids is 2. The summed E-state index contributed by atoms with van der Waals surface area (Å²) in [4.78, 5) is 37.6. The summed E-state index contributed by atoms with van der Waals surface area (Å²) in [6.45, 7) is 4.05. The molecule has 3 aromatic rings. The molecule has 0 radical (unpaired) electrons. The van der Waals surface area contributed by atoms with Crippen LogP contribution in [-0.4, -0.2) is 41.5 Å². The number of nitrogens with one attached hydrogen (secondary N) is 1. The summed E-state index contributed by atoms with van der Waals surface area (Å²) in [6, 6.07) is 7.17. The van der Waals surface area contributed by atoms with Gasteiger partial charge in [0.2, 0.25) is 0 Å². The first kappa shape index (κ1) is 22.2. The van der Waals surface area contributed by atoms with Crippen LogP contribution in [0.25, 0.3) is 10.2 Å². The van der Waals surface area contributed by atoms with Crippen molar-refractivity contribution in [2.75, 3.05) is 23.9 Å². The summed E-state index contributed by atoms with van der Waals surface area (Å²) in [5.74, 6) is 0.327. The van der Waals surface area contributed by atoms with Gasteiger partial charge in [-0.05, 0) is 56.5 Å². The molecule has 0 atom stereocenters. The van der Waals surface area contributed by atoms with E-state index in [-0.39, 0.29) is 11.9 Å². The SMILES string of the molecule is CCOC(=O)c1ccc(NC(=O)c2sc3ncnc(N(C)C4CCCCC4)c3c2C)cc1. The van der Waals surface area contributed by atoms with Gasteiger partial charge in [0.15, 0.2) is 0 Å². The molecule has 1 aliphatic rings. The molecule has 0 unspecified atom stereocenters. The first-order chi connectivity index (χ1) is 15.5. The van der Waals surface area contributed by atoms with Gasteiger partial charge in [-0.15, -0.1) is 11.3 Å². The highest BCUT2D eigenvalue weighted by molar-refractivity contribution is 7.20. The Hall–Kier alpha value is -3.00. The summed E-state index contributed by atoms with van der Waals surface area (Å²) in [7, 11) is 2.10. The molecule has 1 aliphatic carbocycles. The number of esters is 1. The standard InChI is InChI=1S/C24H28N4O3S/c1-4-31-24(30)16-10-12-17(13-11-16)27-22(29)20-15(2)19-21(25-14-26-23(19)32-20)28(3)18-8-6-5-7-9-18/h10-14,18H,4-9H2,1-3H3,(H,27,29). The van der Waals surface area contributed by atoms with Crippen molar-refractivity contribution in [3.63, 3.8) is 0 Å². The van der Waals surface area contributed by atoms with E-state index in [1.54, 1.807) is 37.5 Å².